The maximum absolute atomic E-state index is 13.0. The van der Waals surface area contributed by atoms with Gasteiger partial charge in [0.05, 0.1) is 5.69 Å². The summed E-state index contributed by atoms with van der Waals surface area (Å²) < 4.78 is 0. The monoisotopic (exact) mass is 395 g/mol. The van der Waals surface area contributed by atoms with Gasteiger partial charge < -0.3 is 15.2 Å². The quantitative estimate of drug-likeness (QED) is 0.537. The molecule has 0 saturated carbocycles. The minimum absolute atomic E-state index is 0.00689. The highest BCUT2D eigenvalue weighted by Gasteiger charge is 2.22. The van der Waals surface area contributed by atoms with E-state index in [2.05, 4.69) is 38.5 Å². The summed E-state index contributed by atoms with van der Waals surface area (Å²) >= 11 is 0. The molecule has 6 nitrogen and oxygen atoms in total. The average molecular weight is 395 g/mol. The van der Waals surface area contributed by atoms with Crippen molar-refractivity contribution >= 4 is 17.5 Å². The number of para-hydroxylation sites is 1. The predicted octanol–water partition coefficient (Wildman–Crippen LogP) is 4.41. The Bertz CT molecular complexity index is 1180. The van der Waals surface area contributed by atoms with Crippen molar-refractivity contribution in [3.63, 3.8) is 0 Å². The highest BCUT2D eigenvalue weighted by molar-refractivity contribution is 5.94. The molecule has 0 spiro atoms. The summed E-state index contributed by atoms with van der Waals surface area (Å²) in [6, 6.07) is 21.8. The summed E-state index contributed by atoms with van der Waals surface area (Å²) in [6.45, 7) is 1.37. The van der Waals surface area contributed by atoms with Crippen molar-refractivity contribution in [3.8, 4) is 11.3 Å². The van der Waals surface area contributed by atoms with Crippen molar-refractivity contribution in [3.05, 3.63) is 95.9 Å². The van der Waals surface area contributed by atoms with Gasteiger partial charge in [-0.3, -0.25) is 4.79 Å². The lowest BCUT2D eigenvalue weighted by molar-refractivity contribution is 0.0729. The maximum Gasteiger partial charge on any atom is 0.270 e. The van der Waals surface area contributed by atoms with E-state index in [9.17, 15) is 4.79 Å². The molecule has 1 amide bonds. The smallest absolute Gasteiger partial charge is 0.270 e. The van der Waals surface area contributed by atoms with Crippen LogP contribution in [-0.4, -0.2) is 32.3 Å². The molecule has 0 aliphatic carbocycles. The second-order valence-corrected chi connectivity index (χ2v) is 7.30. The molecular weight excluding hydrogens is 374 g/mol. The van der Waals surface area contributed by atoms with Crippen LogP contribution in [0.3, 0.4) is 0 Å². The number of aromatic amines is 1. The third-order valence-electron chi connectivity index (χ3n) is 5.31. The Balaban J connectivity index is 1.33. The zero-order chi connectivity index (χ0) is 20.3. The zero-order valence-electron chi connectivity index (χ0n) is 16.4. The molecule has 3 heterocycles. The van der Waals surface area contributed by atoms with Gasteiger partial charge in [-0.05, 0) is 41.8 Å². The van der Waals surface area contributed by atoms with Crippen LogP contribution in [0.15, 0.2) is 79.1 Å². The fraction of sp³-hybridized carbons (Fsp3) is 0.125. The van der Waals surface area contributed by atoms with Gasteiger partial charge in [0.15, 0.2) is 0 Å². The van der Waals surface area contributed by atoms with E-state index in [4.69, 9.17) is 0 Å². The van der Waals surface area contributed by atoms with E-state index in [0.29, 0.717) is 18.2 Å². The van der Waals surface area contributed by atoms with Gasteiger partial charge in [-0.25, -0.2) is 9.97 Å². The van der Waals surface area contributed by atoms with Gasteiger partial charge in [0, 0.05) is 36.7 Å². The highest BCUT2D eigenvalue weighted by atomic mass is 16.2. The lowest BCUT2D eigenvalue weighted by Crippen LogP contribution is -2.36. The molecule has 0 bridgehead atoms. The van der Waals surface area contributed by atoms with Crippen molar-refractivity contribution in [2.75, 3.05) is 11.9 Å². The van der Waals surface area contributed by atoms with Crippen LogP contribution in [0.25, 0.3) is 11.3 Å². The number of hydrogen-bond acceptors (Lipinski definition) is 4. The molecule has 6 heteroatoms. The van der Waals surface area contributed by atoms with Gasteiger partial charge in [-0.2, -0.15) is 0 Å². The Hall–Kier alpha value is -3.93. The van der Waals surface area contributed by atoms with Crippen molar-refractivity contribution in [2.24, 2.45) is 0 Å². The largest absolute Gasteiger partial charge is 0.357 e. The molecule has 5 rings (SSSR count). The number of carbonyl (C=O) groups is 1. The fourth-order valence-electron chi connectivity index (χ4n) is 3.74. The second-order valence-electron chi connectivity index (χ2n) is 7.30. The molecule has 2 aromatic heterocycles. The van der Waals surface area contributed by atoms with Crippen molar-refractivity contribution in [1.82, 2.24) is 19.9 Å². The van der Waals surface area contributed by atoms with Gasteiger partial charge >= 0.3 is 0 Å². The third kappa shape index (κ3) is 3.67. The molecule has 4 aromatic rings. The average Bonchev–Trinajstić information content (AvgIpc) is 3.29. The molecule has 1 aliphatic heterocycles. The van der Waals surface area contributed by atoms with Crippen LogP contribution in [0.2, 0.25) is 0 Å². The van der Waals surface area contributed by atoms with Crippen LogP contribution in [0.1, 0.15) is 21.6 Å². The third-order valence-corrected chi connectivity index (χ3v) is 5.31. The molecule has 2 N–H and O–H groups in total. The Morgan fingerprint density at radius 1 is 1.00 bits per heavy atom. The molecular formula is C24H21N5O. The summed E-state index contributed by atoms with van der Waals surface area (Å²) in [5, 5.41) is 3.20. The normalized spacial score (nSPS) is 13.0. The lowest BCUT2D eigenvalue weighted by Gasteiger charge is -2.28. The number of aromatic nitrogens is 3. The van der Waals surface area contributed by atoms with E-state index in [1.54, 1.807) is 6.20 Å². The second kappa shape index (κ2) is 7.83. The molecule has 30 heavy (non-hydrogen) atoms. The molecule has 1 aliphatic rings. The van der Waals surface area contributed by atoms with Gasteiger partial charge in [-0.1, -0.05) is 42.5 Å². The fourth-order valence-corrected chi connectivity index (χ4v) is 3.74. The van der Waals surface area contributed by atoms with E-state index in [1.807, 2.05) is 59.6 Å². The van der Waals surface area contributed by atoms with Gasteiger partial charge in [-0.15, -0.1) is 0 Å². The maximum atomic E-state index is 13.0. The first-order chi connectivity index (χ1) is 14.8. The number of benzene rings is 2. The number of anilines is 2. The predicted molar refractivity (Wildman–Crippen MR) is 116 cm³/mol. The van der Waals surface area contributed by atoms with Crippen LogP contribution in [0, 0.1) is 0 Å². The minimum Gasteiger partial charge on any atom is -0.357 e. The molecule has 0 saturated heterocycles. The van der Waals surface area contributed by atoms with Crippen LogP contribution in [-0.2, 0) is 13.0 Å². The number of nitrogens with one attached hydrogen (secondary N) is 2. The topological polar surface area (TPSA) is 73.9 Å². The Kier molecular flexibility index (Phi) is 4.73. The Morgan fingerprint density at radius 2 is 1.80 bits per heavy atom. The Morgan fingerprint density at radius 3 is 2.67 bits per heavy atom. The summed E-state index contributed by atoms with van der Waals surface area (Å²) in [4.78, 5) is 26.9. The SMILES string of the molecule is O=C(c1cc(-c2ccnc(Nc3ccccc3)n2)c[nH]1)N1CCc2ccccc2C1. The lowest BCUT2D eigenvalue weighted by atomic mass is 10.00. The molecule has 0 fully saturated rings. The first-order valence-electron chi connectivity index (χ1n) is 9.96. The molecule has 0 unspecified atom stereocenters. The molecule has 0 radical (unpaired) electrons. The highest BCUT2D eigenvalue weighted by Crippen LogP contribution is 2.23. The van der Waals surface area contributed by atoms with E-state index >= 15 is 0 Å². The van der Waals surface area contributed by atoms with Crippen LogP contribution in [0.5, 0.6) is 0 Å². The molecule has 148 valence electrons. The summed E-state index contributed by atoms with van der Waals surface area (Å²) in [5.74, 6) is 0.521. The van der Waals surface area contributed by atoms with Gasteiger partial charge in [0.2, 0.25) is 5.95 Å². The standard InChI is InChI=1S/C24H21N5O/c30-23(29-13-11-17-6-4-5-7-18(17)16-29)22-14-19(15-26-22)21-10-12-25-24(28-21)27-20-8-2-1-3-9-20/h1-10,12,14-15,26H,11,13,16H2,(H,25,27,28). The number of amides is 1. The zero-order valence-corrected chi connectivity index (χ0v) is 16.4. The summed E-state index contributed by atoms with van der Waals surface area (Å²) in [7, 11) is 0. The molecule has 2 aromatic carbocycles. The number of fused-ring (bicyclic) bond motifs is 1. The van der Waals surface area contributed by atoms with Crippen LogP contribution in [0.4, 0.5) is 11.6 Å². The van der Waals surface area contributed by atoms with E-state index in [0.717, 1.165) is 29.9 Å². The summed E-state index contributed by atoms with van der Waals surface area (Å²) in [5.41, 5.74) is 5.65. The van der Waals surface area contributed by atoms with E-state index in [-0.39, 0.29) is 5.91 Å². The van der Waals surface area contributed by atoms with Crippen LogP contribution >= 0.6 is 0 Å². The van der Waals surface area contributed by atoms with Gasteiger partial charge in [0.25, 0.3) is 5.91 Å². The number of rotatable bonds is 4. The van der Waals surface area contributed by atoms with Crippen LogP contribution < -0.4 is 5.32 Å². The number of hydrogen-bond donors (Lipinski definition) is 2. The first kappa shape index (κ1) is 18.1. The number of carbonyl (C=O) groups excluding carboxylic acids is 1. The van der Waals surface area contributed by atoms with Crippen molar-refractivity contribution < 1.29 is 4.79 Å². The minimum atomic E-state index is 0.00689. The number of nitrogens with zero attached hydrogens (tertiary/aromatic N) is 3. The Labute approximate surface area is 174 Å². The number of H-pyrrole nitrogens is 1. The summed E-state index contributed by atoms with van der Waals surface area (Å²) in [6.07, 6.45) is 4.42. The first-order valence-corrected chi connectivity index (χ1v) is 9.96. The van der Waals surface area contributed by atoms with E-state index in [1.165, 1.54) is 11.1 Å². The van der Waals surface area contributed by atoms with Gasteiger partial charge in [0.1, 0.15) is 5.69 Å². The van der Waals surface area contributed by atoms with E-state index < -0.39 is 0 Å². The van der Waals surface area contributed by atoms with Crippen molar-refractivity contribution in [1.29, 1.82) is 0 Å². The van der Waals surface area contributed by atoms with Crippen molar-refractivity contribution in [2.45, 2.75) is 13.0 Å². The molecule has 0 atom stereocenters.